The van der Waals surface area contributed by atoms with Crippen LogP contribution in [0.3, 0.4) is 0 Å². The van der Waals surface area contributed by atoms with Crippen LogP contribution in [0.2, 0.25) is 0 Å². The monoisotopic (exact) mass is 340 g/mol. The molecule has 1 aromatic rings. The topological polar surface area (TPSA) is 159 Å². The summed E-state index contributed by atoms with van der Waals surface area (Å²) in [7, 11) is 0. The van der Waals surface area contributed by atoms with E-state index in [4.69, 9.17) is 21.9 Å². The number of nitrogens with one attached hydrogen (secondary N) is 2. The first-order chi connectivity index (χ1) is 11.3. The van der Waals surface area contributed by atoms with Gasteiger partial charge >= 0.3 is 5.97 Å². The van der Waals surface area contributed by atoms with Gasteiger partial charge in [-0.2, -0.15) is 5.10 Å². The van der Waals surface area contributed by atoms with Crippen LogP contribution < -0.4 is 22.4 Å². The lowest BCUT2D eigenvalue weighted by Gasteiger charge is -2.16. The fourth-order valence-electron chi connectivity index (χ4n) is 1.74. The van der Waals surface area contributed by atoms with Crippen molar-refractivity contribution in [3.63, 3.8) is 0 Å². The molecule has 0 radical (unpaired) electrons. The van der Waals surface area contributed by atoms with Gasteiger partial charge in [0, 0.05) is 18.7 Å². The fourth-order valence-corrected chi connectivity index (χ4v) is 1.74. The van der Waals surface area contributed by atoms with Gasteiger partial charge in [-0.15, -0.1) is 0 Å². The normalized spacial score (nSPS) is 12.2. The van der Waals surface area contributed by atoms with Crippen molar-refractivity contribution in [2.45, 2.75) is 27.2 Å². The minimum Gasteiger partial charge on any atom is -0.481 e. The van der Waals surface area contributed by atoms with Crippen molar-refractivity contribution in [3.05, 3.63) is 24.0 Å². The maximum atomic E-state index is 10.7. The summed E-state index contributed by atoms with van der Waals surface area (Å²) in [5, 5.41) is 23.7. The Morgan fingerprint density at radius 2 is 2.08 bits per heavy atom. The Balaban J connectivity index is 0.000000446. The zero-order valence-corrected chi connectivity index (χ0v) is 14.4. The van der Waals surface area contributed by atoms with Gasteiger partial charge in [-0.3, -0.25) is 9.78 Å². The highest BCUT2D eigenvalue weighted by atomic mass is 16.4. The molecule has 0 aliphatic rings. The minimum atomic E-state index is -0.869. The van der Waals surface area contributed by atoms with Crippen LogP contribution in [-0.4, -0.2) is 40.2 Å². The van der Waals surface area contributed by atoms with Crippen molar-refractivity contribution in [3.8, 4) is 0 Å². The number of aryl methyl sites for hydroxylation is 1. The second-order valence-electron chi connectivity index (χ2n) is 5.45. The number of hydrogen-bond acceptors (Lipinski definition) is 7. The third-order valence-corrected chi connectivity index (χ3v) is 3.21. The van der Waals surface area contributed by atoms with Crippen LogP contribution in [0.15, 0.2) is 23.4 Å². The third-order valence-electron chi connectivity index (χ3n) is 3.21. The first-order valence-corrected chi connectivity index (χ1v) is 7.59. The predicted molar refractivity (Wildman–Crippen MR) is 94.1 cm³/mol. The zero-order valence-electron chi connectivity index (χ0n) is 14.4. The number of carboxylic acids is 1. The van der Waals surface area contributed by atoms with Crippen molar-refractivity contribution < 1.29 is 15.0 Å². The second-order valence-corrected chi connectivity index (χ2v) is 5.45. The molecule has 1 atom stereocenters. The number of pyridine rings is 1. The number of hydrazone groups is 1. The van der Waals surface area contributed by atoms with Crippen molar-refractivity contribution in [2.75, 3.05) is 18.5 Å². The number of aromatic nitrogens is 1. The summed E-state index contributed by atoms with van der Waals surface area (Å²) >= 11 is 0. The van der Waals surface area contributed by atoms with Crippen LogP contribution in [0, 0.1) is 18.8 Å². The SMILES string of the molecule is CC(C)C(C/C(=N/N)NN)C(=O)O.Cc1ccc(NCCO)cn1. The van der Waals surface area contributed by atoms with Gasteiger partial charge in [0.15, 0.2) is 0 Å². The number of hydrazine groups is 1. The first-order valence-electron chi connectivity index (χ1n) is 7.59. The van der Waals surface area contributed by atoms with E-state index in [2.05, 4.69) is 20.8 Å². The Morgan fingerprint density at radius 1 is 1.42 bits per heavy atom. The van der Waals surface area contributed by atoms with E-state index in [9.17, 15) is 4.79 Å². The van der Waals surface area contributed by atoms with Crippen molar-refractivity contribution in [2.24, 2.45) is 28.6 Å². The molecule has 1 unspecified atom stereocenters. The lowest BCUT2D eigenvalue weighted by Crippen LogP contribution is -2.35. The molecule has 1 heterocycles. The summed E-state index contributed by atoms with van der Waals surface area (Å²) < 4.78 is 0. The van der Waals surface area contributed by atoms with Gasteiger partial charge in [-0.1, -0.05) is 13.8 Å². The largest absolute Gasteiger partial charge is 0.481 e. The van der Waals surface area contributed by atoms with E-state index in [1.165, 1.54) is 0 Å². The molecule has 0 bridgehead atoms. The van der Waals surface area contributed by atoms with Gasteiger partial charge in [0.25, 0.3) is 0 Å². The molecule has 0 spiro atoms. The van der Waals surface area contributed by atoms with Gasteiger partial charge in [-0.25, -0.2) is 5.84 Å². The molecule has 24 heavy (non-hydrogen) atoms. The average Bonchev–Trinajstić information content (AvgIpc) is 2.55. The lowest BCUT2D eigenvalue weighted by atomic mass is 9.92. The third kappa shape index (κ3) is 8.91. The number of nitrogens with zero attached hydrogens (tertiary/aromatic N) is 2. The molecule has 8 N–H and O–H groups in total. The number of hydrogen-bond donors (Lipinski definition) is 6. The summed E-state index contributed by atoms with van der Waals surface area (Å²) in [4.78, 5) is 14.8. The summed E-state index contributed by atoms with van der Waals surface area (Å²) in [6.07, 6.45) is 1.98. The molecule has 136 valence electrons. The molecule has 0 fully saturated rings. The standard InChI is InChI=1S/C8H12N2O.C7H16N4O2/c1-7-2-3-8(6-10-7)9-4-5-11;1-4(2)5(7(12)13)3-6(10-8)11-9/h2-3,6,9,11H,4-5H2,1H3;4-5H,3,8-9H2,1-2H3,(H,10,11)(H,12,13). The molecule has 0 aliphatic heterocycles. The van der Waals surface area contributed by atoms with Crippen LogP contribution in [0.25, 0.3) is 0 Å². The molecular formula is C15H28N6O3. The maximum absolute atomic E-state index is 10.7. The molecule has 0 amide bonds. The molecular weight excluding hydrogens is 312 g/mol. The van der Waals surface area contributed by atoms with Gasteiger partial charge in [0.1, 0.15) is 5.84 Å². The number of aliphatic hydroxyl groups excluding tert-OH is 1. The average molecular weight is 340 g/mol. The van der Waals surface area contributed by atoms with E-state index in [-0.39, 0.29) is 18.9 Å². The molecule has 0 saturated heterocycles. The molecule has 0 aliphatic carbocycles. The second kappa shape index (κ2) is 12.1. The maximum Gasteiger partial charge on any atom is 0.307 e. The van der Waals surface area contributed by atoms with Crippen LogP contribution >= 0.6 is 0 Å². The van der Waals surface area contributed by atoms with Crippen molar-refractivity contribution in [1.29, 1.82) is 0 Å². The quantitative estimate of drug-likeness (QED) is 0.178. The van der Waals surface area contributed by atoms with Crippen LogP contribution in [0.1, 0.15) is 26.0 Å². The number of amidine groups is 1. The Bertz CT molecular complexity index is 504. The van der Waals surface area contributed by atoms with Crippen LogP contribution in [0.5, 0.6) is 0 Å². The minimum absolute atomic E-state index is 0.0163. The van der Waals surface area contributed by atoms with Gasteiger partial charge < -0.3 is 26.8 Å². The number of aliphatic carboxylic acids is 1. The van der Waals surface area contributed by atoms with E-state index >= 15 is 0 Å². The summed E-state index contributed by atoms with van der Waals surface area (Å²) in [6.45, 7) is 6.31. The number of carboxylic acid groups (broad SMARTS) is 1. The van der Waals surface area contributed by atoms with Crippen molar-refractivity contribution >= 4 is 17.5 Å². The Kier molecular flexibility index (Phi) is 10.9. The Hall–Kier alpha value is -2.39. The van der Waals surface area contributed by atoms with Crippen LogP contribution in [0.4, 0.5) is 5.69 Å². The first kappa shape index (κ1) is 21.6. The molecule has 9 heteroatoms. The molecule has 0 aromatic carbocycles. The smallest absolute Gasteiger partial charge is 0.307 e. The number of nitrogens with two attached hydrogens (primary N) is 2. The van der Waals surface area contributed by atoms with Gasteiger partial charge in [0.05, 0.1) is 24.4 Å². The van der Waals surface area contributed by atoms with E-state index in [1.807, 2.05) is 32.9 Å². The van der Waals surface area contributed by atoms with E-state index < -0.39 is 11.9 Å². The fraction of sp³-hybridized carbons (Fsp3) is 0.533. The van der Waals surface area contributed by atoms with E-state index in [0.29, 0.717) is 12.4 Å². The number of rotatable bonds is 7. The summed E-state index contributed by atoms with van der Waals surface area (Å²) in [6, 6.07) is 3.87. The molecule has 9 nitrogen and oxygen atoms in total. The van der Waals surface area contributed by atoms with Gasteiger partial charge in [0.2, 0.25) is 0 Å². The lowest BCUT2D eigenvalue weighted by molar-refractivity contribution is -0.142. The number of anilines is 1. The van der Waals surface area contributed by atoms with Crippen molar-refractivity contribution in [1.82, 2.24) is 10.4 Å². The highest BCUT2D eigenvalue weighted by Crippen LogP contribution is 2.15. The summed E-state index contributed by atoms with van der Waals surface area (Å²) in [5.74, 6) is 8.99. The van der Waals surface area contributed by atoms with Gasteiger partial charge in [-0.05, 0) is 25.0 Å². The highest BCUT2D eigenvalue weighted by Gasteiger charge is 2.23. The molecule has 0 saturated carbocycles. The molecule has 1 rings (SSSR count). The summed E-state index contributed by atoms with van der Waals surface area (Å²) in [5.41, 5.74) is 4.20. The number of carbonyl (C=O) groups is 1. The van der Waals surface area contributed by atoms with E-state index in [1.54, 1.807) is 6.20 Å². The predicted octanol–water partition coefficient (Wildman–Crippen LogP) is 0.263. The highest BCUT2D eigenvalue weighted by molar-refractivity contribution is 5.85. The zero-order chi connectivity index (χ0) is 18.5. The Morgan fingerprint density at radius 3 is 2.46 bits per heavy atom. The Labute approximate surface area is 142 Å². The van der Waals surface area contributed by atoms with E-state index in [0.717, 1.165) is 11.4 Å². The number of aliphatic hydroxyl groups is 1. The van der Waals surface area contributed by atoms with Crippen LogP contribution in [-0.2, 0) is 4.79 Å². The molecule has 1 aromatic heterocycles.